The molecule has 0 aliphatic rings. The third kappa shape index (κ3) is 3.26. The normalized spacial score (nSPS) is 17.0. The van der Waals surface area contributed by atoms with Crippen molar-refractivity contribution < 1.29 is 28.1 Å². The molecule has 0 radical (unpaired) electrons. The molecule has 0 fully saturated rings. The minimum atomic E-state index is -1.00. The summed E-state index contributed by atoms with van der Waals surface area (Å²) in [5.41, 5.74) is 0. The van der Waals surface area contributed by atoms with Crippen LogP contribution >= 0.6 is 8.25 Å². The topological polar surface area (TPSA) is 9.23 Å². The van der Waals surface area contributed by atoms with E-state index in [0.29, 0.717) is 9.53 Å². The molecule has 0 heterocycles. The molecule has 46 valence electrons. The van der Waals surface area contributed by atoms with Crippen molar-refractivity contribution in [2.75, 3.05) is 7.11 Å². The Morgan fingerprint density at radius 2 is 2.00 bits per heavy atom. The third-order valence-corrected chi connectivity index (χ3v) is 10.2. The molecule has 0 saturated carbocycles. The molecule has 0 saturated heterocycles. The number of halogens is 1. The molecule has 0 aliphatic carbocycles. The molecule has 0 N–H and O–H groups in total. The molecule has 8 heavy (non-hydrogen) atoms. The number of hydrogen-bond donors (Lipinski definition) is 0. The minimum absolute atomic E-state index is 0.383. The quantitative estimate of drug-likeness (QED) is 0.723. The van der Waals surface area contributed by atoms with Gasteiger partial charge in [-0.05, 0) is 0 Å². The Bertz CT molecular complexity index is 52.4. The van der Waals surface area contributed by atoms with Crippen LogP contribution in [0.2, 0.25) is 3.43 Å². The van der Waals surface area contributed by atoms with Crippen molar-refractivity contribution in [2.45, 2.75) is 23.4 Å². The molecule has 1 nitrogen and oxygen atoms in total. The van der Waals surface area contributed by atoms with Crippen LogP contribution in [-0.2, 0) is 28.1 Å². The van der Waals surface area contributed by atoms with Gasteiger partial charge in [-0.25, -0.2) is 0 Å². The Hall–Kier alpha value is 1.19. The molecule has 3 heteroatoms. The summed E-state index contributed by atoms with van der Waals surface area (Å²) in [6.45, 7) is 4.25. The third-order valence-electron chi connectivity index (χ3n) is 1.42. The van der Waals surface area contributed by atoms with E-state index in [0.717, 1.165) is 0 Å². The van der Waals surface area contributed by atoms with E-state index in [1.807, 2.05) is 0 Å². The van der Waals surface area contributed by atoms with Crippen molar-refractivity contribution in [2.24, 2.45) is 0 Å². The number of ether oxygens (including phenoxy) is 1. The molecule has 0 aliphatic heterocycles. The van der Waals surface area contributed by atoms with Crippen molar-refractivity contribution in [1.29, 1.82) is 0 Å². The summed E-state index contributed by atoms with van der Waals surface area (Å²) < 4.78 is 5.76. The monoisotopic (exact) mass is 324 g/mol. The van der Waals surface area contributed by atoms with Crippen LogP contribution in [-0.4, -0.2) is 13.2 Å². The van der Waals surface area contributed by atoms with Crippen molar-refractivity contribution >= 4 is 8.25 Å². The molecule has 0 amide bonds. The number of rotatable bonds is 3. The average Bonchev–Trinajstić information content (AvgIpc) is 1.84. The van der Waals surface area contributed by atoms with Crippen LogP contribution in [0.4, 0.5) is 0 Å². The zero-order chi connectivity index (χ0) is 6.57. The van der Waals surface area contributed by atoms with Crippen molar-refractivity contribution in [3.8, 4) is 0 Å². The van der Waals surface area contributed by atoms with E-state index in [9.17, 15) is 0 Å². The van der Waals surface area contributed by atoms with Gasteiger partial charge in [0.15, 0.2) is 0 Å². The predicted molar refractivity (Wildman–Crippen MR) is 31.7 cm³/mol. The first-order valence-corrected chi connectivity index (χ1v) is 12.7. The Kier molecular flexibility index (Phi) is 5.75. The van der Waals surface area contributed by atoms with Gasteiger partial charge in [0.2, 0.25) is 0 Å². The fourth-order valence-corrected chi connectivity index (χ4v) is 4.28. The summed E-state index contributed by atoms with van der Waals surface area (Å²) in [6, 6.07) is 0. The van der Waals surface area contributed by atoms with Gasteiger partial charge in [0.1, 0.15) is 0 Å². The standard InChI is InChI=1S/C5H11O.ClH.Hg/c1-4-5(2)6-3;;/h4-5H,1-3H3;1H;/q;;+1/p-1. The number of methoxy groups -OCH3 is 1. The van der Waals surface area contributed by atoms with Crippen LogP contribution in [0.15, 0.2) is 0 Å². The fraction of sp³-hybridized carbons (Fsp3) is 1.00. The second kappa shape index (κ2) is 5.01. The molecule has 0 spiro atoms. The predicted octanol–water partition coefficient (Wildman–Crippen LogP) is 2.07. The first kappa shape index (κ1) is 9.19. The molecule has 0 bridgehead atoms. The fourth-order valence-electron chi connectivity index (χ4n) is 0.358. The van der Waals surface area contributed by atoms with Crippen LogP contribution in [0.25, 0.3) is 0 Å². The first-order chi connectivity index (χ1) is 3.72. The molecular formula is C5H11ClHgO. The summed E-state index contributed by atoms with van der Waals surface area (Å²) >= 11 is -1.00. The second-order valence-corrected chi connectivity index (χ2v) is 11.0. The Balaban J connectivity index is 3.29. The van der Waals surface area contributed by atoms with E-state index in [1.54, 1.807) is 7.11 Å². The molecular weight excluding hydrogens is 312 g/mol. The van der Waals surface area contributed by atoms with E-state index in [2.05, 4.69) is 13.8 Å². The van der Waals surface area contributed by atoms with E-state index in [-0.39, 0.29) is 0 Å². The number of hydrogen-bond acceptors (Lipinski definition) is 1. The van der Waals surface area contributed by atoms with Gasteiger partial charge in [0, 0.05) is 0 Å². The van der Waals surface area contributed by atoms with Gasteiger partial charge in [0.05, 0.1) is 0 Å². The summed E-state index contributed by atoms with van der Waals surface area (Å²) in [6.07, 6.45) is 0.383. The van der Waals surface area contributed by atoms with Gasteiger partial charge < -0.3 is 0 Å². The van der Waals surface area contributed by atoms with Crippen molar-refractivity contribution in [1.82, 2.24) is 0 Å². The molecule has 0 aromatic carbocycles. The zero-order valence-electron chi connectivity index (χ0n) is 5.65. The zero-order valence-corrected chi connectivity index (χ0v) is 11.9. The second-order valence-electron chi connectivity index (χ2n) is 2.07. The molecule has 0 aromatic heterocycles. The van der Waals surface area contributed by atoms with Crippen molar-refractivity contribution in [3.63, 3.8) is 0 Å². The van der Waals surface area contributed by atoms with E-state index in [1.165, 1.54) is 0 Å². The van der Waals surface area contributed by atoms with Crippen LogP contribution in [0.1, 0.15) is 13.8 Å². The van der Waals surface area contributed by atoms with Crippen molar-refractivity contribution in [3.05, 3.63) is 0 Å². The molecule has 0 aromatic rings. The summed E-state index contributed by atoms with van der Waals surface area (Å²) in [7, 11) is 7.51. The summed E-state index contributed by atoms with van der Waals surface area (Å²) in [5, 5.41) is 0. The Morgan fingerprint density at radius 3 is 2.12 bits per heavy atom. The van der Waals surface area contributed by atoms with E-state index < -0.39 is 23.3 Å². The van der Waals surface area contributed by atoms with Gasteiger partial charge in [-0.3, -0.25) is 0 Å². The molecule has 2 atom stereocenters. The average molecular weight is 323 g/mol. The maximum atomic E-state index is 5.77. The summed E-state index contributed by atoms with van der Waals surface area (Å²) in [4.78, 5) is 0. The van der Waals surface area contributed by atoms with E-state index >= 15 is 0 Å². The van der Waals surface area contributed by atoms with Gasteiger partial charge in [-0.1, -0.05) is 0 Å². The Morgan fingerprint density at radius 1 is 1.50 bits per heavy atom. The van der Waals surface area contributed by atoms with Gasteiger partial charge in [-0.2, -0.15) is 0 Å². The van der Waals surface area contributed by atoms with Crippen LogP contribution in [0.3, 0.4) is 0 Å². The maximum absolute atomic E-state index is 5.77. The summed E-state index contributed by atoms with van der Waals surface area (Å²) in [5.74, 6) is 0. The van der Waals surface area contributed by atoms with Crippen LogP contribution < -0.4 is 0 Å². The molecule has 0 rings (SSSR count). The SMILES string of the molecule is COC(C)[CH](C)[Hg][Cl]. The van der Waals surface area contributed by atoms with Gasteiger partial charge >= 0.3 is 66.8 Å². The van der Waals surface area contributed by atoms with Gasteiger partial charge in [0.25, 0.3) is 0 Å². The van der Waals surface area contributed by atoms with Crippen LogP contribution in [0.5, 0.6) is 0 Å². The van der Waals surface area contributed by atoms with E-state index in [4.69, 9.17) is 13.0 Å². The van der Waals surface area contributed by atoms with Crippen LogP contribution in [0, 0.1) is 0 Å². The first-order valence-electron chi connectivity index (χ1n) is 2.81. The van der Waals surface area contributed by atoms with Gasteiger partial charge in [-0.15, -0.1) is 0 Å². The Labute approximate surface area is 66.6 Å². The molecule has 2 unspecified atom stereocenters.